The van der Waals surface area contributed by atoms with Gasteiger partial charge < -0.3 is 20.4 Å². The van der Waals surface area contributed by atoms with Gasteiger partial charge in [0.2, 0.25) is 0 Å². The fourth-order valence-corrected chi connectivity index (χ4v) is 3.68. The minimum Gasteiger partial charge on any atom is -0.432 e. The third kappa shape index (κ3) is 3.72. The Bertz CT molecular complexity index is 894. The molecule has 1 aromatic heterocycles. The zero-order valence-electron chi connectivity index (χ0n) is 14.5. The van der Waals surface area contributed by atoms with E-state index < -0.39 is 18.0 Å². The van der Waals surface area contributed by atoms with Gasteiger partial charge in [0.15, 0.2) is 5.76 Å². The average molecular weight is 394 g/mol. The molecule has 1 aliphatic carbocycles. The van der Waals surface area contributed by atoms with Crippen LogP contribution in [-0.2, 0) is 4.79 Å². The minimum absolute atomic E-state index is 0.00709. The molecule has 2 heterocycles. The molecule has 0 radical (unpaired) electrons. The van der Waals surface area contributed by atoms with Gasteiger partial charge in [-0.2, -0.15) is 13.2 Å². The third-order valence-electron chi connectivity index (χ3n) is 5.03. The molecule has 4 rings (SSSR count). The monoisotopic (exact) mass is 394 g/mol. The van der Waals surface area contributed by atoms with Crippen LogP contribution in [0.1, 0.15) is 23.5 Å². The Labute approximate surface area is 157 Å². The molecule has 1 aliphatic heterocycles. The van der Waals surface area contributed by atoms with Gasteiger partial charge in [0, 0.05) is 23.3 Å². The number of halogens is 3. The first-order valence-corrected chi connectivity index (χ1v) is 8.78. The minimum atomic E-state index is -4.96. The van der Waals surface area contributed by atoms with Crippen molar-refractivity contribution in [1.29, 1.82) is 0 Å². The average Bonchev–Trinajstić information content (AvgIpc) is 3.38. The summed E-state index contributed by atoms with van der Waals surface area (Å²) in [5.41, 5.74) is 0.505. The normalized spacial score (nSPS) is 23.6. The highest BCUT2D eigenvalue weighted by atomic mass is 19.4. The molecule has 3 atom stereocenters. The van der Waals surface area contributed by atoms with Crippen LogP contribution in [0.15, 0.2) is 34.9 Å². The van der Waals surface area contributed by atoms with E-state index >= 15 is 0 Å². The third-order valence-corrected chi connectivity index (χ3v) is 5.03. The Morgan fingerprint density at radius 1 is 1.18 bits per heavy atom. The molecule has 3 unspecified atom stereocenters. The van der Waals surface area contributed by atoms with Crippen molar-refractivity contribution < 1.29 is 27.2 Å². The topological polar surface area (TPSA) is 96.3 Å². The van der Waals surface area contributed by atoms with E-state index in [-0.39, 0.29) is 23.7 Å². The number of alkyl halides is 3. The fourth-order valence-electron chi connectivity index (χ4n) is 3.68. The molecule has 2 bridgehead atoms. The van der Waals surface area contributed by atoms with Gasteiger partial charge in [0.05, 0.1) is 6.20 Å². The SMILES string of the molecule is O=C(NC1CC2CNC1C2)c1ncc(-c2ccc(NC(=O)C(F)(F)F)cc2)o1. The number of oxazole rings is 1. The summed E-state index contributed by atoms with van der Waals surface area (Å²) < 4.78 is 42.3. The summed E-state index contributed by atoms with van der Waals surface area (Å²) in [6.45, 7) is 0.986. The van der Waals surface area contributed by atoms with Gasteiger partial charge in [-0.15, -0.1) is 0 Å². The number of carbonyl (C=O) groups excluding carboxylic acids is 2. The van der Waals surface area contributed by atoms with Crippen molar-refractivity contribution in [2.24, 2.45) is 5.92 Å². The second-order valence-electron chi connectivity index (χ2n) is 6.99. The number of nitrogens with zero attached hydrogens (tertiary/aromatic N) is 1. The molecule has 2 fully saturated rings. The van der Waals surface area contributed by atoms with Crippen molar-refractivity contribution in [2.45, 2.75) is 31.1 Å². The highest BCUT2D eigenvalue weighted by Crippen LogP contribution is 2.31. The largest absolute Gasteiger partial charge is 0.471 e. The zero-order valence-corrected chi connectivity index (χ0v) is 14.5. The van der Waals surface area contributed by atoms with Crippen LogP contribution in [0, 0.1) is 5.92 Å². The number of amides is 2. The second-order valence-corrected chi connectivity index (χ2v) is 6.99. The molecule has 1 saturated heterocycles. The molecule has 2 amide bonds. The first-order valence-electron chi connectivity index (χ1n) is 8.78. The zero-order chi connectivity index (χ0) is 19.9. The Morgan fingerprint density at radius 2 is 1.93 bits per heavy atom. The molecule has 3 N–H and O–H groups in total. The molecule has 10 heteroatoms. The molecule has 1 aromatic carbocycles. The highest BCUT2D eigenvalue weighted by Gasteiger charge is 2.40. The van der Waals surface area contributed by atoms with Gasteiger partial charge in [0.25, 0.3) is 5.89 Å². The predicted molar refractivity (Wildman–Crippen MR) is 92.4 cm³/mol. The van der Waals surface area contributed by atoms with Gasteiger partial charge in [-0.25, -0.2) is 4.98 Å². The Balaban J connectivity index is 1.39. The number of piperidine rings is 1. The van der Waals surface area contributed by atoms with Crippen LogP contribution in [0.5, 0.6) is 0 Å². The summed E-state index contributed by atoms with van der Waals surface area (Å²) in [6, 6.07) is 5.88. The van der Waals surface area contributed by atoms with Crippen molar-refractivity contribution in [3.63, 3.8) is 0 Å². The van der Waals surface area contributed by atoms with E-state index in [1.165, 1.54) is 30.5 Å². The summed E-state index contributed by atoms with van der Waals surface area (Å²) in [7, 11) is 0. The highest BCUT2D eigenvalue weighted by molar-refractivity contribution is 5.95. The summed E-state index contributed by atoms with van der Waals surface area (Å²) in [5, 5.41) is 8.04. The first-order chi connectivity index (χ1) is 13.3. The van der Waals surface area contributed by atoms with Crippen molar-refractivity contribution in [2.75, 3.05) is 11.9 Å². The predicted octanol–water partition coefficient (Wildman–Crippen LogP) is 2.32. The number of benzene rings is 1. The number of anilines is 1. The van der Waals surface area contributed by atoms with E-state index in [1.807, 2.05) is 0 Å². The molecule has 2 aliphatic rings. The molecular formula is C18H17F3N4O3. The van der Waals surface area contributed by atoms with Crippen LogP contribution in [-0.4, -0.2) is 41.6 Å². The summed E-state index contributed by atoms with van der Waals surface area (Å²) >= 11 is 0. The van der Waals surface area contributed by atoms with Crippen molar-refractivity contribution in [3.8, 4) is 11.3 Å². The molecule has 7 nitrogen and oxygen atoms in total. The lowest BCUT2D eigenvalue weighted by atomic mass is 10.1. The maximum Gasteiger partial charge on any atom is 0.471 e. The van der Waals surface area contributed by atoms with Gasteiger partial charge in [0.1, 0.15) is 0 Å². The molecule has 2 aromatic rings. The molecule has 148 valence electrons. The van der Waals surface area contributed by atoms with Gasteiger partial charge in [-0.1, -0.05) is 0 Å². The number of aromatic nitrogens is 1. The van der Waals surface area contributed by atoms with Crippen LogP contribution >= 0.6 is 0 Å². The lowest BCUT2D eigenvalue weighted by Gasteiger charge is -2.23. The van der Waals surface area contributed by atoms with E-state index in [4.69, 9.17) is 4.42 Å². The maximum atomic E-state index is 12.3. The lowest BCUT2D eigenvalue weighted by molar-refractivity contribution is -0.167. The van der Waals surface area contributed by atoms with E-state index in [0.717, 1.165) is 19.4 Å². The molecular weight excluding hydrogens is 377 g/mol. The maximum absolute atomic E-state index is 12.3. The number of fused-ring (bicyclic) bond motifs is 2. The van der Waals surface area contributed by atoms with E-state index in [2.05, 4.69) is 15.6 Å². The standard InChI is InChI=1S/C18H17F3N4O3/c19-18(20,21)17(27)24-11-3-1-10(2-4-11)14-8-23-16(28-14)15(26)25-13-6-9-5-12(13)22-7-9/h1-4,8-9,12-13,22H,5-7H2,(H,24,27)(H,25,26). The van der Waals surface area contributed by atoms with Crippen molar-refractivity contribution in [3.05, 3.63) is 36.4 Å². The number of hydrogen-bond donors (Lipinski definition) is 3. The number of hydrogen-bond acceptors (Lipinski definition) is 5. The molecule has 28 heavy (non-hydrogen) atoms. The van der Waals surface area contributed by atoms with Crippen LogP contribution in [0.3, 0.4) is 0 Å². The van der Waals surface area contributed by atoms with Gasteiger partial charge >= 0.3 is 18.0 Å². The smallest absolute Gasteiger partial charge is 0.432 e. The van der Waals surface area contributed by atoms with E-state index in [9.17, 15) is 22.8 Å². The summed E-state index contributed by atoms with van der Waals surface area (Å²) in [4.78, 5) is 27.3. The number of carbonyl (C=O) groups is 2. The number of nitrogens with one attached hydrogen (secondary N) is 3. The fraction of sp³-hybridized carbons (Fsp3) is 0.389. The Morgan fingerprint density at radius 3 is 2.54 bits per heavy atom. The van der Waals surface area contributed by atoms with Gasteiger partial charge in [-0.05, 0) is 49.6 Å². The van der Waals surface area contributed by atoms with Gasteiger partial charge in [-0.3, -0.25) is 9.59 Å². The molecule has 0 spiro atoms. The van der Waals surface area contributed by atoms with Crippen LogP contribution < -0.4 is 16.0 Å². The van der Waals surface area contributed by atoms with Crippen molar-refractivity contribution in [1.82, 2.24) is 15.6 Å². The van der Waals surface area contributed by atoms with Crippen LogP contribution in [0.25, 0.3) is 11.3 Å². The van der Waals surface area contributed by atoms with Crippen LogP contribution in [0.2, 0.25) is 0 Å². The summed E-state index contributed by atoms with van der Waals surface area (Å²) in [5.74, 6) is -1.64. The molecule has 1 saturated carbocycles. The number of rotatable bonds is 4. The van der Waals surface area contributed by atoms with E-state index in [0.29, 0.717) is 17.2 Å². The first kappa shape index (κ1) is 18.5. The second kappa shape index (κ2) is 6.93. The Kier molecular flexibility index (Phi) is 4.58. The quantitative estimate of drug-likeness (QED) is 0.740. The lowest BCUT2D eigenvalue weighted by Crippen LogP contribution is -2.48. The van der Waals surface area contributed by atoms with Crippen LogP contribution in [0.4, 0.5) is 18.9 Å². The summed E-state index contributed by atoms with van der Waals surface area (Å²) in [6.07, 6.45) is -1.60. The Hall–Kier alpha value is -2.88. The van der Waals surface area contributed by atoms with E-state index in [1.54, 1.807) is 5.32 Å². The van der Waals surface area contributed by atoms with Crippen molar-refractivity contribution >= 4 is 17.5 Å².